The predicted octanol–water partition coefficient (Wildman–Crippen LogP) is 3.47. The molecule has 0 atom stereocenters. The van der Waals surface area contributed by atoms with Gasteiger partial charge in [-0.25, -0.2) is 20.4 Å². The van der Waals surface area contributed by atoms with E-state index in [4.69, 9.17) is 4.74 Å². The van der Waals surface area contributed by atoms with Crippen LogP contribution in [0, 0.1) is 11.8 Å². The van der Waals surface area contributed by atoms with Crippen LogP contribution in [0.1, 0.15) is 72.1 Å². The molecule has 0 unspecified atom stereocenters. The number of ether oxygens (including phenoxy) is 1. The van der Waals surface area contributed by atoms with Crippen molar-refractivity contribution in [3.8, 4) is 0 Å². The van der Waals surface area contributed by atoms with Gasteiger partial charge in [0.15, 0.2) is 0 Å². The van der Waals surface area contributed by atoms with E-state index in [-0.39, 0.29) is 12.1 Å². The molecule has 2 rings (SSSR count). The number of urea groups is 1. The highest BCUT2D eigenvalue weighted by molar-refractivity contribution is 5.77. The second kappa shape index (κ2) is 7.88. The number of rotatable bonds is 3. The molecular formula is C17H31N3O3. The summed E-state index contributed by atoms with van der Waals surface area (Å²) >= 11 is 0. The maximum Gasteiger partial charge on any atom is 0.426 e. The van der Waals surface area contributed by atoms with Gasteiger partial charge in [-0.05, 0) is 58.3 Å². The van der Waals surface area contributed by atoms with E-state index >= 15 is 0 Å². The first-order valence-electron chi connectivity index (χ1n) is 8.90. The number of hydrogen-bond acceptors (Lipinski definition) is 3. The van der Waals surface area contributed by atoms with E-state index in [0.717, 1.165) is 0 Å². The van der Waals surface area contributed by atoms with E-state index in [1.807, 2.05) is 0 Å². The Morgan fingerprint density at radius 2 is 1.39 bits per heavy atom. The Bertz CT molecular complexity index is 392. The van der Waals surface area contributed by atoms with Gasteiger partial charge >= 0.3 is 12.1 Å². The van der Waals surface area contributed by atoms with Crippen LogP contribution in [-0.2, 0) is 4.74 Å². The van der Waals surface area contributed by atoms with Crippen molar-refractivity contribution in [3.63, 3.8) is 0 Å². The van der Waals surface area contributed by atoms with Gasteiger partial charge in [0.05, 0.1) is 0 Å². The van der Waals surface area contributed by atoms with Gasteiger partial charge < -0.3 is 10.1 Å². The summed E-state index contributed by atoms with van der Waals surface area (Å²) in [6.07, 6.45) is 9.16. The van der Waals surface area contributed by atoms with Crippen molar-refractivity contribution in [2.75, 3.05) is 0 Å². The molecule has 0 aliphatic heterocycles. The van der Waals surface area contributed by atoms with Crippen LogP contribution in [0.5, 0.6) is 0 Å². The van der Waals surface area contributed by atoms with E-state index in [0.29, 0.717) is 11.8 Å². The third kappa shape index (κ3) is 5.92. The summed E-state index contributed by atoms with van der Waals surface area (Å²) in [6.45, 7) is 5.34. The molecular weight excluding hydrogens is 294 g/mol. The van der Waals surface area contributed by atoms with Crippen molar-refractivity contribution in [2.45, 2.75) is 83.8 Å². The van der Waals surface area contributed by atoms with Gasteiger partial charge in [0.2, 0.25) is 0 Å². The minimum Gasteiger partial charge on any atom is -0.443 e. The molecule has 0 heterocycles. The molecule has 2 saturated carbocycles. The summed E-state index contributed by atoms with van der Waals surface area (Å²) in [5.74, 6) is 1.15. The minimum absolute atomic E-state index is 0.223. The smallest absolute Gasteiger partial charge is 0.426 e. The average Bonchev–Trinajstić information content (AvgIpc) is 3.13. The molecule has 2 aliphatic carbocycles. The maximum absolute atomic E-state index is 12.1. The molecule has 2 aliphatic rings. The van der Waals surface area contributed by atoms with Gasteiger partial charge in [0.25, 0.3) is 0 Å². The number of nitrogens with one attached hydrogen (secondary N) is 3. The first-order valence-corrected chi connectivity index (χ1v) is 8.90. The topological polar surface area (TPSA) is 79.5 Å². The molecule has 3 amide bonds. The average molecular weight is 325 g/mol. The summed E-state index contributed by atoms with van der Waals surface area (Å²) < 4.78 is 5.10. The van der Waals surface area contributed by atoms with Gasteiger partial charge in [0.1, 0.15) is 5.60 Å². The molecule has 6 heteroatoms. The van der Waals surface area contributed by atoms with Crippen LogP contribution in [0.25, 0.3) is 0 Å². The van der Waals surface area contributed by atoms with E-state index in [2.05, 4.69) is 16.2 Å². The summed E-state index contributed by atoms with van der Waals surface area (Å²) in [4.78, 5) is 23.7. The summed E-state index contributed by atoms with van der Waals surface area (Å²) in [5, 5.41) is 3.10. The summed E-state index contributed by atoms with van der Waals surface area (Å²) in [5.41, 5.74) is 4.13. The van der Waals surface area contributed by atoms with Crippen molar-refractivity contribution < 1.29 is 14.3 Å². The van der Waals surface area contributed by atoms with Gasteiger partial charge in [-0.1, -0.05) is 25.7 Å². The zero-order valence-electron chi connectivity index (χ0n) is 14.6. The Morgan fingerprint density at radius 1 is 0.913 bits per heavy atom. The highest BCUT2D eigenvalue weighted by atomic mass is 16.6. The van der Waals surface area contributed by atoms with E-state index < -0.39 is 11.7 Å². The fourth-order valence-electron chi connectivity index (χ4n) is 3.85. The van der Waals surface area contributed by atoms with Gasteiger partial charge in [-0.3, -0.25) is 0 Å². The predicted molar refractivity (Wildman–Crippen MR) is 88.7 cm³/mol. The number of carbonyl (C=O) groups excluding carboxylic acids is 2. The van der Waals surface area contributed by atoms with Crippen molar-refractivity contribution in [2.24, 2.45) is 11.8 Å². The number of hydrogen-bond donors (Lipinski definition) is 3. The lowest BCUT2D eigenvalue weighted by molar-refractivity contribution is 0.0503. The van der Waals surface area contributed by atoms with E-state index in [1.165, 1.54) is 51.4 Å². The molecule has 23 heavy (non-hydrogen) atoms. The second-order valence-corrected chi connectivity index (χ2v) is 7.84. The molecule has 3 N–H and O–H groups in total. The quantitative estimate of drug-likeness (QED) is 0.695. The molecule has 0 aromatic heterocycles. The Labute approximate surface area is 139 Å². The Kier molecular flexibility index (Phi) is 6.13. The Balaban J connectivity index is 1.81. The Hall–Kier alpha value is -1.46. The largest absolute Gasteiger partial charge is 0.443 e. The third-order valence-corrected chi connectivity index (χ3v) is 4.79. The van der Waals surface area contributed by atoms with E-state index in [1.54, 1.807) is 20.8 Å². The molecule has 2 fully saturated rings. The lowest BCUT2D eigenvalue weighted by atomic mass is 9.86. The highest BCUT2D eigenvalue weighted by Gasteiger charge is 2.34. The van der Waals surface area contributed by atoms with Crippen LogP contribution < -0.4 is 16.2 Å². The third-order valence-electron chi connectivity index (χ3n) is 4.79. The maximum atomic E-state index is 12.1. The van der Waals surface area contributed by atoms with E-state index in [9.17, 15) is 9.59 Å². The molecule has 0 radical (unpaired) electrons. The minimum atomic E-state index is -0.647. The van der Waals surface area contributed by atoms with Crippen LogP contribution in [0.15, 0.2) is 0 Å². The normalized spacial score (nSPS) is 19.8. The molecule has 0 spiro atoms. The zero-order valence-corrected chi connectivity index (χ0v) is 14.6. The summed E-state index contributed by atoms with van der Waals surface area (Å²) in [7, 11) is 0. The first kappa shape index (κ1) is 17.9. The van der Waals surface area contributed by atoms with Gasteiger partial charge in [-0.2, -0.15) is 0 Å². The first-order chi connectivity index (χ1) is 10.8. The molecule has 0 aromatic carbocycles. The monoisotopic (exact) mass is 325 g/mol. The van der Waals surface area contributed by atoms with Crippen LogP contribution >= 0.6 is 0 Å². The van der Waals surface area contributed by atoms with Gasteiger partial charge in [-0.15, -0.1) is 0 Å². The number of amides is 3. The molecule has 132 valence electrons. The van der Waals surface area contributed by atoms with Crippen molar-refractivity contribution >= 4 is 12.1 Å². The van der Waals surface area contributed by atoms with Crippen LogP contribution in [0.4, 0.5) is 9.59 Å². The van der Waals surface area contributed by atoms with Crippen molar-refractivity contribution in [1.29, 1.82) is 0 Å². The molecule has 6 nitrogen and oxygen atoms in total. The lowest BCUT2D eigenvalue weighted by Gasteiger charge is -2.30. The van der Waals surface area contributed by atoms with Crippen LogP contribution in [-0.4, -0.2) is 23.8 Å². The fraction of sp³-hybridized carbons (Fsp3) is 0.882. The molecule has 0 bridgehead atoms. The van der Waals surface area contributed by atoms with Crippen LogP contribution in [0.3, 0.4) is 0 Å². The molecule has 0 aromatic rings. The SMILES string of the molecule is CC(C)(C)OC(=O)NNC(=O)NC(C1CCCC1)C1CCCC1. The highest BCUT2D eigenvalue weighted by Crippen LogP contribution is 2.37. The number of carbonyl (C=O) groups is 2. The van der Waals surface area contributed by atoms with Crippen molar-refractivity contribution in [3.05, 3.63) is 0 Å². The second-order valence-electron chi connectivity index (χ2n) is 7.84. The summed E-state index contributed by atoms with van der Waals surface area (Å²) in [6, 6.07) is -0.125. The van der Waals surface area contributed by atoms with Gasteiger partial charge in [0, 0.05) is 6.04 Å². The lowest BCUT2D eigenvalue weighted by Crippen LogP contribution is -2.53. The number of hydrazine groups is 1. The van der Waals surface area contributed by atoms with Crippen LogP contribution in [0.2, 0.25) is 0 Å². The van der Waals surface area contributed by atoms with Crippen molar-refractivity contribution in [1.82, 2.24) is 16.2 Å². The Morgan fingerprint density at radius 3 is 1.83 bits per heavy atom. The standard InChI is InChI=1S/C17H31N3O3/c1-17(2,3)23-16(22)20-19-15(21)18-14(12-8-4-5-9-12)13-10-6-7-11-13/h12-14H,4-11H2,1-3H3,(H,20,22)(H2,18,19,21). The zero-order chi connectivity index (χ0) is 16.9. The molecule has 0 saturated heterocycles. The fourth-order valence-corrected chi connectivity index (χ4v) is 3.85.